The SMILES string of the molecule is CC(C)(C)c1csc(CNCC2(O)CCCCC2)n1. The number of aliphatic hydroxyl groups is 1. The van der Waals surface area contributed by atoms with Gasteiger partial charge in [-0.3, -0.25) is 0 Å². The van der Waals surface area contributed by atoms with E-state index in [4.69, 9.17) is 0 Å². The summed E-state index contributed by atoms with van der Waals surface area (Å²) < 4.78 is 0. The third-order valence-electron chi connectivity index (χ3n) is 3.83. The predicted molar refractivity (Wildman–Crippen MR) is 80.6 cm³/mol. The Hall–Kier alpha value is -0.450. The Balaban J connectivity index is 1.81. The first-order chi connectivity index (χ1) is 8.89. The molecule has 0 bridgehead atoms. The first-order valence-electron chi connectivity index (χ1n) is 7.27. The Labute approximate surface area is 120 Å². The predicted octanol–water partition coefficient (Wildman–Crippen LogP) is 3.23. The Bertz CT molecular complexity index is 403. The third-order valence-corrected chi connectivity index (χ3v) is 4.68. The Morgan fingerprint density at radius 2 is 2.00 bits per heavy atom. The van der Waals surface area contributed by atoms with E-state index < -0.39 is 5.60 Å². The van der Waals surface area contributed by atoms with E-state index in [9.17, 15) is 5.11 Å². The maximum atomic E-state index is 10.4. The second-order valence-corrected chi connectivity index (χ2v) is 7.71. The van der Waals surface area contributed by atoms with E-state index in [-0.39, 0.29) is 5.41 Å². The van der Waals surface area contributed by atoms with Crippen LogP contribution in [-0.4, -0.2) is 22.2 Å². The number of nitrogens with one attached hydrogen (secondary N) is 1. The first-order valence-corrected chi connectivity index (χ1v) is 8.15. The van der Waals surface area contributed by atoms with Gasteiger partial charge >= 0.3 is 0 Å². The Morgan fingerprint density at radius 1 is 1.32 bits per heavy atom. The number of nitrogens with zero attached hydrogens (tertiary/aromatic N) is 1. The maximum Gasteiger partial charge on any atom is 0.107 e. The van der Waals surface area contributed by atoms with Gasteiger partial charge in [0, 0.05) is 23.9 Å². The van der Waals surface area contributed by atoms with E-state index in [1.165, 1.54) is 6.42 Å². The van der Waals surface area contributed by atoms with E-state index in [0.29, 0.717) is 6.54 Å². The molecule has 0 unspecified atom stereocenters. The van der Waals surface area contributed by atoms with Crippen molar-refractivity contribution in [3.8, 4) is 0 Å². The summed E-state index contributed by atoms with van der Waals surface area (Å²) in [4.78, 5) is 4.66. The average Bonchev–Trinajstić information content (AvgIpc) is 2.78. The van der Waals surface area contributed by atoms with E-state index in [0.717, 1.165) is 42.9 Å². The van der Waals surface area contributed by atoms with Crippen LogP contribution in [0, 0.1) is 0 Å². The molecule has 0 aromatic carbocycles. The average molecular weight is 282 g/mol. The molecule has 2 rings (SSSR count). The minimum atomic E-state index is -0.484. The fraction of sp³-hybridized carbons (Fsp3) is 0.800. The van der Waals surface area contributed by atoms with Crippen molar-refractivity contribution in [3.05, 3.63) is 16.1 Å². The van der Waals surface area contributed by atoms with Gasteiger partial charge < -0.3 is 10.4 Å². The molecule has 0 radical (unpaired) electrons. The molecule has 108 valence electrons. The van der Waals surface area contributed by atoms with Gasteiger partial charge in [0.2, 0.25) is 0 Å². The summed E-state index contributed by atoms with van der Waals surface area (Å²) in [5.74, 6) is 0. The molecule has 0 atom stereocenters. The second-order valence-electron chi connectivity index (χ2n) is 6.77. The lowest BCUT2D eigenvalue weighted by molar-refractivity contribution is 0.00467. The quantitative estimate of drug-likeness (QED) is 0.891. The Morgan fingerprint density at radius 3 is 2.58 bits per heavy atom. The summed E-state index contributed by atoms with van der Waals surface area (Å²) in [5.41, 5.74) is 0.796. The highest BCUT2D eigenvalue weighted by Crippen LogP contribution is 2.27. The van der Waals surface area contributed by atoms with Gasteiger partial charge in [-0.15, -0.1) is 11.3 Å². The maximum absolute atomic E-state index is 10.4. The molecule has 1 heterocycles. The van der Waals surface area contributed by atoms with Crippen LogP contribution in [0.4, 0.5) is 0 Å². The monoisotopic (exact) mass is 282 g/mol. The lowest BCUT2D eigenvalue weighted by Crippen LogP contribution is -2.41. The van der Waals surface area contributed by atoms with Crippen molar-refractivity contribution in [2.24, 2.45) is 0 Å². The number of rotatable bonds is 4. The van der Waals surface area contributed by atoms with Crippen LogP contribution in [0.1, 0.15) is 63.6 Å². The lowest BCUT2D eigenvalue weighted by atomic mass is 9.85. The van der Waals surface area contributed by atoms with Crippen molar-refractivity contribution < 1.29 is 5.11 Å². The molecule has 1 saturated carbocycles. The molecule has 0 saturated heterocycles. The van der Waals surface area contributed by atoms with Gasteiger partial charge in [-0.1, -0.05) is 40.0 Å². The molecule has 1 aromatic heterocycles. The van der Waals surface area contributed by atoms with Gasteiger partial charge in [-0.25, -0.2) is 4.98 Å². The Kier molecular flexibility index (Phi) is 4.64. The van der Waals surface area contributed by atoms with Gasteiger partial charge in [0.1, 0.15) is 5.01 Å². The fourth-order valence-corrected chi connectivity index (χ4v) is 3.52. The van der Waals surface area contributed by atoms with Crippen LogP contribution in [0.15, 0.2) is 5.38 Å². The normalized spacial score (nSPS) is 19.6. The molecule has 0 amide bonds. The van der Waals surface area contributed by atoms with E-state index in [1.807, 2.05) is 0 Å². The summed E-state index contributed by atoms with van der Waals surface area (Å²) in [7, 11) is 0. The van der Waals surface area contributed by atoms with Gasteiger partial charge in [0.15, 0.2) is 0 Å². The van der Waals surface area contributed by atoms with E-state index in [1.54, 1.807) is 11.3 Å². The molecule has 19 heavy (non-hydrogen) atoms. The molecular weight excluding hydrogens is 256 g/mol. The molecule has 0 aliphatic heterocycles. The molecular formula is C15H26N2OS. The molecule has 4 heteroatoms. The van der Waals surface area contributed by atoms with Crippen LogP contribution in [-0.2, 0) is 12.0 Å². The summed E-state index contributed by atoms with van der Waals surface area (Å²) >= 11 is 1.71. The van der Waals surface area contributed by atoms with Crippen LogP contribution < -0.4 is 5.32 Å². The molecule has 2 N–H and O–H groups in total. The molecule has 1 aromatic rings. The standard InChI is InChI=1S/C15H26N2OS/c1-14(2,3)12-10-19-13(17-12)9-16-11-15(18)7-5-4-6-8-15/h10,16,18H,4-9,11H2,1-3H3. The minimum Gasteiger partial charge on any atom is -0.389 e. The van der Waals surface area contributed by atoms with Gasteiger partial charge in [0.25, 0.3) is 0 Å². The molecule has 3 nitrogen and oxygen atoms in total. The van der Waals surface area contributed by atoms with Gasteiger partial charge in [-0.2, -0.15) is 0 Å². The summed E-state index contributed by atoms with van der Waals surface area (Å²) in [5, 5.41) is 17.0. The smallest absolute Gasteiger partial charge is 0.107 e. The third kappa shape index (κ3) is 4.26. The zero-order valence-electron chi connectivity index (χ0n) is 12.3. The molecule has 1 fully saturated rings. The molecule has 1 aliphatic carbocycles. The topological polar surface area (TPSA) is 45.1 Å². The van der Waals surface area contributed by atoms with Crippen molar-refractivity contribution >= 4 is 11.3 Å². The van der Waals surface area contributed by atoms with Crippen LogP contribution in [0.5, 0.6) is 0 Å². The highest BCUT2D eigenvalue weighted by molar-refractivity contribution is 7.09. The van der Waals surface area contributed by atoms with Crippen molar-refractivity contribution in [2.75, 3.05) is 6.54 Å². The van der Waals surface area contributed by atoms with Crippen LogP contribution in [0.25, 0.3) is 0 Å². The lowest BCUT2D eigenvalue weighted by Gasteiger charge is -2.32. The molecule has 1 aliphatic rings. The van der Waals surface area contributed by atoms with Crippen LogP contribution >= 0.6 is 11.3 Å². The van der Waals surface area contributed by atoms with Crippen molar-refractivity contribution in [3.63, 3.8) is 0 Å². The second kappa shape index (κ2) is 5.90. The minimum absolute atomic E-state index is 0.121. The largest absolute Gasteiger partial charge is 0.389 e. The number of aromatic nitrogens is 1. The highest BCUT2D eigenvalue weighted by atomic mass is 32.1. The van der Waals surface area contributed by atoms with Gasteiger partial charge in [-0.05, 0) is 12.8 Å². The van der Waals surface area contributed by atoms with Gasteiger partial charge in [0.05, 0.1) is 11.3 Å². The fourth-order valence-electron chi connectivity index (χ4n) is 2.53. The summed E-state index contributed by atoms with van der Waals surface area (Å²) in [6, 6.07) is 0. The summed E-state index contributed by atoms with van der Waals surface area (Å²) in [6.07, 6.45) is 5.45. The van der Waals surface area contributed by atoms with Crippen molar-refractivity contribution in [1.82, 2.24) is 10.3 Å². The number of thiazole rings is 1. The van der Waals surface area contributed by atoms with Crippen molar-refractivity contribution in [2.45, 2.75) is 70.4 Å². The van der Waals surface area contributed by atoms with Crippen LogP contribution in [0.2, 0.25) is 0 Å². The zero-order chi connectivity index (χ0) is 13.9. The van der Waals surface area contributed by atoms with Crippen molar-refractivity contribution in [1.29, 1.82) is 0 Å². The first kappa shape index (κ1) is 14.9. The van der Waals surface area contributed by atoms with E-state index in [2.05, 4.69) is 36.5 Å². The number of hydrogen-bond acceptors (Lipinski definition) is 4. The highest BCUT2D eigenvalue weighted by Gasteiger charge is 2.28. The summed E-state index contributed by atoms with van der Waals surface area (Å²) in [6.45, 7) is 8.01. The molecule has 0 spiro atoms. The van der Waals surface area contributed by atoms with Crippen LogP contribution in [0.3, 0.4) is 0 Å². The number of hydrogen-bond donors (Lipinski definition) is 2. The van der Waals surface area contributed by atoms with E-state index >= 15 is 0 Å². The zero-order valence-corrected chi connectivity index (χ0v) is 13.1.